The molecule has 0 fully saturated rings. The second-order valence-corrected chi connectivity index (χ2v) is 7.70. The summed E-state index contributed by atoms with van der Waals surface area (Å²) >= 11 is 8.65. The molecule has 2 aromatic heterocycles. The fraction of sp³-hybridized carbons (Fsp3) is 0.0556. The first-order chi connectivity index (χ1) is 12.7. The Morgan fingerprint density at radius 2 is 1.96 bits per heavy atom. The van der Waals surface area contributed by atoms with Crippen molar-refractivity contribution in [3.63, 3.8) is 0 Å². The van der Waals surface area contributed by atoms with E-state index in [2.05, 4.69) is 20.3 Å². The number of carbonyl (C=O) groups is 1. The van der Waals surface area contributed by atoms with Gasteiger partial charge in [0, 0.05) is 16.0 Å². The summed E-state index contributed by atoms with van der Waals surface area (Å²) in [6, 6.07) is 15.2. The van der Waals surface area contributed by atoms with Crippen LogP contribution in [0, 0.1) is 0 Å². The molecule has 2 aromatic carbocycles. The van der Waals surface area contributed by atoms with Crippen LogP contribution in [0.15, 0.2) is 59.1 Å². The summed E-state index contributed by atoms with van der Waals surface area (Å²) in [5.74, 6) is 0.142. The normalized spacial score (nSPS) is 11.0. The van der Waals surface area contributed by atoms with Crippen LogP contribution in [0.25, 0.3) is 22.3 Å². The van der Waals surface area contributed by atoms with Crippen molar-refractivity contribution in [3.8, 4) is 11.3 Å². The Bertz CT molecular complexity index is 1030. The molecule has 0 saturated heterocycles. The molecule has 2 heterocycles. The van der Waals surface area contributed by atoms with Crippen molar-refractivity contribution in [3.05, 3.63) is 58.9 Å². The van der Waals surface area contributed by atoms with Gasteiger partial charge in [0.15, 0.2) is 10.3 Å². The fourth-order valence-electron chi connectivity index (χ4n) is 2.37. The first kappa shape index (κ1) is 17.1. The number of aromatic amines is 1. The van der Waals surface area contributed by atoms with Gasteiger partial charge in [-0.3, -0.25) is 4.79 Å². The lowest BCUT2D eigenvalue weighted by Gasteiger charge is -2.00. The Kier molecular flexibility index (Phi) is 4.92. The number of amides is 1. The van der Waals surface area contributed by atoms with E-state index in [0.29, 0.717) is 10.2 Å². The molecule has 8 heteroatoms. The fourth-order valence-corrected chi connectivity index (χ4v) is 3.92. The predicted octanol–water partition coefficient (Wildman–Crippen LogP) is 5.07. The smallest absolute Gasteiger partial charge is 0.236 e. The number of fused-ring (bicyclic) bond motifs is 1. The molecule has 0 unspecified atom stereocenters. The molecular formula is C18H13ClN4OS2. The molecule has 26 heavy (non-hydrogen) atoms. The third kappa shape index (κ3) is 3.90. The second-order valence-electron chi connectivity index (χ2n) is 5.44. The number of thioether (sulfide) groups is 1. The monoisotopic (exact) mass is 400 g/mol. The molecule has 5 nitrogen and oxygen atoms in total. The van der Waals surface area contributed by atoms with Crippen LogP contribution in [0.1, 0.15) is 0 Å². The summed E-state index contributed by atoms with van der Waals surface area (Å²) in [6.45, 7) is 0. The zero-order chi connectivity index (χ0) is 17.9. The SMILES string of the molecule is O=C(CSc1nc2ccccc2[nH]1)Nc1nc(-c2ccc(Cl)cc2)cs1. The minimum absolute atomic E-state index is 0.118. The van der Waals surface area contributed by atoms with Crippen molar-refractivity contribution < 1.29 is 4.79 Å². The highest BCUT2D eigenvalue weighted by molar-refractivity contribution is 7.99. The van der Waals surface area contributed by atoms with E-state index in [4.69, 9.17) is 11.6 Å². The molecule has 4 aromatic rings. The minimum atomic E-state index is -0.118. The zero-order valence-corrected chi connectivity index (χ0v) is 15.8. The molecule has 130 valence electrons. The van der Waals surface area contributed by atoms with Crippen LogP contribution in [0.3, 0.4) is 0 Å². The highest BCUT2D eigenvalue weighted by Crippen LogP contribution is 2.26. The number of nitrogens with zero attached hydrogens (tertiary/aromatic N) is 2. The number of benzene rings is 2. The Labute approximate surface area is 162 Å². The number of aromatic nitrogens is 3. The summed E-state index contributed by atoms with van der Waals surface area (Å²) in [4.78, 5) is 24.3. The third-order valence-electron chi connectivity index (χ3n) is 3.60. The van der Waals surface area contributed by atoms with Gasteiger partial charge in [0.05, 0.1) is 22.5 Å². The van der Waals surface area contributed by atoms with Gasteiger partial charge in [0.25, 0.3) is 0 Å². The number of para-hydroxylation sites is 2. The van der Waals surface area contributed by atoms with Gasteiger partial charge < -0.3 is 10.3 Å². The van der Waals surface area contributed by atoms with Gasteiger partial charge >= 0.3 is 0 Å². The largest absolute Gasteiger partial charge is 0.333 e. The second kappa shape index (κ2) is 7.49. The molecule has 0 atom stereocenters. The Hall–Kier alpha value is -2.35. The maximum absolute atomic E-state index is 12.2. The average molecular weight is 401 g/mol. The van der Waals surface area contributed by atoms with E-state index in [1.165, 1.54) is 23.1 Å². The standard InChI is InChI=1S/C18H13ClN4OS2/c19-12-7-5-11(6-8-12)15-9-25-18(22-15)23-16(24)10-26-17-20-13-3-1-2-4-14(13)21-17/h1-9H,10H2,(H,20,21)(H,22,23,24). The first-order valence-electron chi connectivity index (χ1n) is 7.76. The van der Waals surface area contributed by atoms with Crippen LogP contribution in [-0.4, -0.2) is 26.6 Å². The molecular weight excluding hydrogens is 388 g/mol. The topological polar surface area (TPSA) is 70.7 Å². The van der Waals surface area contributed by atoms with Crippen molar-refractivity contribution in [1.82, 2.24) is 15.0 Å². The molecule has 0 radical (unpaired) electrons. The number of carbonyl (C=O) groups excluding carboxylic acids is 1. The average Bonchev–Trinajstić information content (AvgIpc) is 3.27. The lowest BCUT2D eigenvalue weighted by atomic mass is 10.2. The number of anilines is 1. The van der Waals surface area contributed by atoms with Crippen LogP contribution in [0.2, 0.25) is 5.02 Å². The van der Waals surface area contributed by atoms with Gasteiger partial charge in [-0.2, -0.15) is 0 Å². The maximum atomic E-state index is 12.2. The number of hydrogen-bond donors (Lipinski definition) is 2. The Morgan fingerprint density at radius 1 is 1.15 bits per heavy atom. The van der Waals surface area contributed by atoms with Gasteiger partial charge in [0.1, 0.15) is 0 Å². The molecule has 0 aliphatic rings. The number of halogens is 1. The quantitative estimate of drug-likeness (QED) is 0.459. The highest BCUT2D eigenvalue weighted by Gasteiger charge is 2.10. The number of hydrogen-bond acceptors (Lipinski definition) is 5. The van der Waals surface area contributed by atoms with Crippen molar-refractivity contribution in [2.45, 2.75) is 5.16 Å². The molecule has 0 aliphatic carbocycles. The van der Waals surface area contributed by atoms with E-state index in [-0.39, 0.29) is 11.7 Å². The van der Waals surface area contributed by atoms with Gasteiger partial charge in [-0.05, 0) is 24.3 Å². The molecule has 4 rings (SSSR count). The first-order valence-corrected chi connectivity index (χ1v) is 10.0. The van der Waals surface area contributed by atoms with Crippen LogP contribution in [-0.2, 0) is 4.79 Å². The molecule has 0 bridgehead atoms. The summed E-state index contributed by atoms with van der Waals surface area (Å²) in [5.41, 5.74) is 3.63. The lowest BCUT2D eigenvalue weighted by molar-refractivity contribution is -0.113. The summed E-state index contributed by atoms with van der Waals surface area (Å²) in [6.07, 6.45) is 0. The van der Waals surface area contributed by atoms with Crippen LogP contribution >= 0.6 is 34.7 Å². The van der Waals surface area contributed by atoms with E-state index in [1.807, 2.05) is 53.9 Å². The van der Waals surface area contributed by atoms with E-state index in [9.17, 15) is 4.79 Å². The third-order valence-corrected chi connectivity index (χ3v) is 5.48. The van der Waals surface area contributed by atoms with Crippen molar-refractivity contribution in [1.29, 1.82) is 0 Å². The van der Waals surface area contributed by atoms with Gasteiger partial charge in [-0.25, -0.2) is 9.97 Å². The summed E-state index contributed by atoms with van der Waals surface area (Å²) in [5, 5.41) is 6.71. The Balaban J connectivity index is 1.36. The molecule has 0 saturated carbocycles. The van der Waals surface area contributed by atoms with Gasteiger partial charge in [-0.15, -0.1) is 11.3 Å². The number of rotatable bonds is 5. The number of imidazole rings is 1. The molecule has 1 amide bonds. The van der Waals surface area contributed by atoms with E-state index in [1.54, 1.807) is 0 Å². The van der Waals surface area contributed by atoms with Crippen molar-refractivity contribution in [2.24, 2.45) is 0 Å². The van der Waals surface area contributed by atoms with Crippen LogP contribution in [0.4, 0.5) is 5.13 Å². The molecule has 0 spiro atoms. The van der Waals surface area contributed by atoms with E-state index >= 15 is 0 Å². The van der Waals surface area contributed by atoms with Crippen LogP contribution < -0.4 is 5.32 Å². The van der Waals surface area contributed by atoms with Crippen molar-refractivity contribution >= 4 is 56.8 Å². The van der Waals surface area contributed by atoms with E-state index in [0.717, 1.165) is 27.4 Å². The number of H-pyrrole nitrogens is 1. The maximum Gasteiger partial charge on any atom is 0.236 e. The summed E-state index contributed by atoms with van der Waals surface area (Å²) < 4.78 is 0. The molecule has 2 N–H and O–H groups in total. The minimum Gasteiger partial charge on any atom is -0.333 e. The molecule has 0 aliphatic heterocycles. The van der Waals surface area contributed by atoms with Gasteiger partial charge in [-0.1, -0.05) is 47.6 Å². The summed E-state index contributed by atoms with van der Waals surface area (Å²) in [7, 11) is 0. The predicted molar refractivity (Wildman–Crippen MR) is 108 cm³/mol. The Morgan fingerprint density at radius 3 is 2.77 bits per heavy atom. The van der Waals surface area contributed by atoms with Gasteiger partial charge in [0.2, 0.25) is 5.91 Å². The van der Waals surface area contributed by atoms with E-state index < -0.39 is 0 Å². The van der Waals surface area contributed by atoms with Crippen molar-refractivity contribution in [2.75, 3.05) is 11.1 Å². The lowest BCUT2D eigenvalue weighted by Crippen LogP contribution is -2.13. The number of thiazole rings is 1. The van der Waals surface area contributed by atoms with Crippen LogP contribution in [0.5, 0.6) is 0 Å². The number of nitrogens with one attached hydrogen (secondary N) is 2. The zero-order valence-electron chi connectivity index (χ0n) is 13.4. The highest BCUT2D eigenvalue weighted by atomic mass is 35.5.